The van der Waals surface area contributed by atoms with Gasteiger partial charge in [-0.05, 0) is 41.0 Å². The summed E-state index contributed by atoms with van der Waals surface area (Å²) in [5, 5.41) is 10.9. The lowest BCUT2D eigenvalue weighted by Crippen LogP contribution is -2.35. The van der Waals surface area contributed by atoms with Crippen molar-refractivity contribution in [1.29, 1.82) is 0 Å². The molecule has 0 bridgehead atoms. The molecule has 2 aliphatic rings. The maximum Gasteiger partial charge on any atom is 0.412 e. The molecule has 0 unspecified atom stereocenters. The van der Waals surface area contributed by atoms with Gasteiger partial charge >= 0.3 is 6.09 Å². The third kappa shape index (κ3) is 4.92. The molecule has 0 aliphatic carbocycles. The number of amides is 1. The van der Waals surface area contributed by atoms with Gasteiger partial charge in [0, 0.05) is 36.6 Å². The number of carbonyl (C=O) groups excluding carboxylic acids is 1. The zero-order valence-electron chi connectivity index (χ0n) is 20.5. The topological polar surface area (TPSA) is 106 Å². The number of ether oxygens (including phenoxy) is 2. The molecule has 2 N–H and O–H groups in total. The molecule has 38 heavy (non-hydrogen) atoms. The monoisotopic (exact) mass is 512 g/mol. The van der Waals surface area contributed by atoms with Crippen LogP contribution in [0.15, 0.2) is 70.5 Å². The van der Waals surface area contributed by atoms with E-state index in [0.29, 0.717) is 72.6 Å². The lowest BCUT2D eigenvalue weighted by molar-refractivity contribution is 0.00303. The van der Waals surface area contributed by atoms with Crippen LogP contribution in [0.5, 0.6) is 0 Å². The summed E-state index contributed by atoms with van der Waals surface area (Å²) in [5.41, 5.74) is 4.06. The second-order valence-electron chi connectivity index (χ2n) is 9.46. The number of nitrogens with zero attached hydrogens (tertiary/aromatic N) is 2. The van der Waals surface area contributed by atoms with Crippen molar-refractivity contribution in [2.24, 2.45) is 4.99 Å². The molecule has 1 aromatic heterocycles. The Morgan fingerprint density at radius 2 is 1.89 bits per heavy atom. The summed E-state index contributed by atoms with van der Waals surface area (Å²) in [5.74, 6) is 0.146. The Morgan fingerprint density at radius 3 is 2.74 bits per heavy atom. The van der Waals surface area contributed by atoms with Crippen molar-refractivity contribution in [2.45, 2.75) is 31.8 Å². The number of hydrogen-bond donors (Lipinski definition) is 2. The van der Waals surface area contributed by atoms with E-state index in [1.54, 1.807) is 18.2 Å². The number of nitrogens with one attached hydrogen (secondary N) is 2. The largest absolute Gasteiger partial charge is 0.446 e. The first-order valence-corrected chi connectivity index (χ1v) is 12.5. The fourth-order valence-corrected chi connectivity index (χ4v) is 4.92. The molecule has 0 radical (unpaired) electrons. The molecule has 0 atom stereocenters. The molecule has 6 rings (SSSR count). The third-order valence-electron chi connectivity index (χ3n) is 6.88. The van der Waals surface area contributed by atoms with E-state index in [1.807, 2.05) is 36.4 Å². The number of carbonyl (C=O) groups is 1. The van der Waals surface area contributed by atoms with Gasteiger partial charge in [-0.25, -0.2) is 19.3 Å². The number of aromatic nitrogens is 2. The molecule has 192 valence electrons. The van der Waals surface area contributed by atoms with Crippen molar-refractivity contribution >= 4 is 28.4 Å². The number of halogens is 1. The zero-order valence-corrected chi connectivity index (χ0v) is 20.5. The van der Waals surface area contributed by atoms with E-state index in [-0.39, 0.29) is 17.5 Å². The molecule has 2 aliphatic heterocycles. The molecule has 4 aromatic rings. The van der Waals surface area contributed by atoms with Gasteiger partial charge in [-0.15, -0.1) is 0 Å². The van der Waals surface area contributed by atoms with Crippen LogP contribution in [0.3, 0.4) is 0 Å². The molecule has 1 fully saturated rings. The molecule has 0 spiro atoms. The van der Waals surface area contributed by atoms with Crippen molar-refractivity contribution in [3.8, 4) is 11.1 Å². The number of alkyl carbamates (subject to hydrolysis) is 1. The van der Waals surface area contributed by atoms with E-state index in [1.165, 1.54) is 6.07 Å². The first kappa shape index (κ1) is 24.0. The lowest BCUT2D eigenvalue weighted by atomic mass is 9.97. The molecule has 0 saturated carbocycles. The van der Waals surface area contributed by atoms with Gasteiger partial charge < -0.3 is 9.47 Å². The molecular formula is C29H25FN4O4. The summed E-state index contributed by atoms with van der Waals surface area (Å²) in [6.45, 7) is 1.17. The molecule has 3 heterocycles. The van der Waals surface area contributed by atoms with E-state index >= 15 is 0 Å². The Bertz CT molecular complexity index is 1620. The highest BCUT2D eigenvalue weighted by Gasteiger charge is 2.22. The third-order valence-corrected chi connectivity index (χ3v) is 6.88. The number of benzene rings is 3. The number of hydrogen-bond acceptors (Lipinski definition) is 6. The summed E-state index contributed by atoms with van der Waals surface area (Å²) < 4.78 is 25.7. The van der Waals surface area contributed by atoms with Crippen LogP contribution < -0.4 is 10.9 Å². The Morgan fingerprint density at radius 1 is 1.08 bits per heavy atom. The van der Waals surface area contributed by atoms with Gasteiger partial charge in [-0.1, -0.05) is 36.4 Å². The van der Waals surface area contributed by atoms with Crippen LogP contribution in [0.2, 0.25) is 0 Å². The average Bonchev–Trinajstić information content (AvgIpc) is 3.33. The SMILES string of the molecule is O=C(NC1=Nc2cc(-c3cc(Cc4n[nH]c(=O)c5ccccc45)ccc3F)ccc2C1)OC1CCOCC1. The highest BCUT2D eigenvalue weighted by molar-refractivity contribution is 6.01. The fourth-order valence-electron chi connectivity index (χ4n) is 4.92. The number of fused-ring (bicyclic) bond motifs is 2. The minimum absolute atomic E-state index is 0.153. The van der Waals surface area contributed by atoms with Crippen LogP contribution in [0.1, 0.15) is 29.7 Å². The van der Waals surface area contributed by atoms with Crippen LogP contribution in [0.4, 0.5) is 14.9 Å². The number of aromatic amines is 1. The maximum absolute atomic E-state index is 14.9. The van der Waals surface area contributed by atoms with E-state index in [9.17, 15) is 14.0 Å². The van der Waals surface area contributed by atoms with Crippen LogP contribution in [-0.2, 0) is 22.3 Å². The highest BCUT2D eigenvalue weighted by Crippen LogP contribution is 2.33. The summed E-state index contributed by atoms with van der Waals surface area (Å²) in [7, 11) is 0. The summed E-state index contributed by atoms with van der Waals surface area (Å²) in [4.78, 5) is 29.0. The van der Waals surface area contributed by atoms with Gasteiger partial charge in [0.15, 0.2) is 0 Å². The van der Waals surface area contributed by atoms with Crippen molar-refractivity contribution < 1.29 is 18.7 Å². The molecule has 3 aromatic carbocycles. The summed E-state index contributed by atoms with van der Waals surface area (Å²) in [6, 6.07) is 17.8. The molecule has 1 saturated heterocycles. The average molecular weight is 513 g/mol. The van der Waals surface area contributed by atoms with Crippen LogP contribution >= 0.6 is 0 Å². The van der Waals surface area contributed by atoms with E-state index < -0.39 is 6.09 Å². The maximum atomic E-state index is 14.9. The minimum atomic E-state index is -0.522. The van der Waals surface area contributed by atoms with Gasteiger partial charge in [-0.2, -0.15) is 5.10 Å². The quantitative estimate of drug-likeness (QED) is 0.408. The minimum Gasteiger partial charge on any atom is -0.446 e. The zero-order chi connectivity index (χ0) is 26.1. The summed E-state index contributed by atoms with van der Waals surface area (Å²) in [6.07, 6.45) is 1.58. The van der Waals surface area contributed by atoms with E-state index in [2.05, 4.69) is 20.5 Å². The van der Waals surface area contributed by atoms with Gasteiger partial charge in [-0.3, -0.25) is 10.1 Å². The summed E-state index contributed by atoms with van der Waals surface area (Å²) >= 11 is 0. The number of rotatable bonds is 4. The number of amidine groups is 1. The highest BCUT2D eigenvalue weighted by atomic mass is 19.1. The van der Waals surface area contributed by atoms with Gasteiger partial charge in [0.1, 0.15) is 17.8 Å². The predicted octanol–water partition coefficient (Wildman–Crippen LogP) is 4.81. The number of aliphatic imine (C=N–C) groups is 1. The van der Waals surface area contributed by atoms with Crippen LogP contribution in [-0.4, -0.2) is 41.4 Å². The van der Waals surface area contributed by atoms with Gasteiger partial charge in [0.2, 0.25) is 0 Å². The standard InChI is InChI=1S/C29H25FN4O4/c30-24-8-5-17(14-26-21-3-1-2-4-22(21)28(35)34-33-26)13-23(24)18-6-7-19-16-27(31-25(19)15-18)32-29(36)38-20-9-11-37-12-10-20/h1-8,13,15,20H,9-12,14,16H2,(H,34,35)(H,31,32,36). The Hall–Kier alpha value is -4.37. The molecule has 1 amide bonds. The van der Waals surface area contributed by atoms with Crippen LogP contribution in [0.25, 0.3) is 21.9 Å². The predicted molar refractivity (Wildman–Crippen MR) is 141 cm³/mol. The molecule has 9 heteroatoms. The fraction of sp³-hybridized carbons (Fsp3) is 0.241. The Kier molecular flexibility index (Phi) is 6.43. The van der Waals surface area contributed by atoms with E-state index in [4.69, 9.17) is 9.47 Å². The van der Waals surface area contributed by atoms with Gasteiger partial charge in [0.25, 0.3) is 5.56 Å². The first-order valence-electron chi connectivity index (χ1n) is 12.5. The second-order valence-corrected chi connectivity index (χ2v) is 9.46. The van der Waals surface area contributed by atoms with E-state index in [0.717, 1.165) is 16.5 Å². The van der Waals surface area contributed by atoms with Gasteiger partial charge in [0.05, 0.1) is 30.0 Å². The smallest absolute Gasteiger partial charge is 0.412 e. The number of H-pyrrole nitrogens is 1. The first-order chi connectivity index (χ1) is 18.5. The lowest BCUT2D eigenvalue weighted by Gasteiger charge is -2.22. The van der Waals surface area contributed by atoms with Crippen LogP contribution in [0, 0.1) is 5.82 Å². The Labute approximate surface area is 217 Å². The normalized spacial score (nSPS) is 15.2. The van der Waals surface area contributed by atoms with Crippen molar-refractivity contribution in [1.82, 2.24) is 15.5 Å². The molecular weight excluding hydrogens is 487 g/mol. The van der Waals surface area contributed by atoms with Crippen molar-refractivity contribution in [3.63, 3.8) is 0 Å². The molecule has 8 nitrogen and oxygen atoms in total. The van der Waals surface area contributed by atoms with Crippen molar-refractivity contribution in [2.75, 3.05) is 13.2 Å². The Balaban J connectivity index is 1.22. The van der Waals surface area contributed by atoms with Crippen molar-refractivity contribution in [3.05, 3.63) is 93.7 Å². The second kappa shape index (κ2) is 10.2.